The van der Waals surface area contributed by atoms with Crippen molar-refractivity contribution in [2.75, 3.05) is 20.2 Å². The Morgan fingerprint density at radius 2 is 1.76 bits per heavy atom. The Kier molecular flexibility index (Phi) is 8.93. The number of aromatic nitrogens is 2. The highest BCUT2D eigenvalue weighted by molar-refractivity contribution is 5.94. The average Bonchev–Trinajstić information content (AvgIpc) is 3.41. The normalized spacial score (nSPS) is 17.5. The molecule has 0 N–H and O–H groups in total. The van der Waals surface area contributed by atoms with Crippen LogP contribution < -0.4 is 4.74 Å². The first-order valence-electron chi connectivity index (χ1n) is 13.5. The summed E-state index contributed by atoms with van der Waals surface area (Å²) in [5, 5.41) is 3.88. The van der Waals surface area contributed by atoms with Gasteiger partial charge in [0.05, 0.1) is 37.0 Å². The predicted octanol–water partition coefficient (Wildman–Crippen LogP) is 6.70. The summed E-state index contributed by atoms with van der Waals surface area (Å²) < 4.78 is 79.9. The number of ether oxygens (including phenoxy) is 2. The zero-order valence-electron chi connectivity index (χ0n) is 23.7. The van der Waals surface area contributed by atoms with Crippen LogP contribution in [0.1, 0.15) is 64.9 Å². The van der Waals surface area contributed by atoms with Crippen LogP contribution in [0.5, 0.6) is 5.75 Å². The van der Waals surface area contributed by atoms with Crippen molar-refractivity contribution in [3.63, 3.8) is 0 Å². The maximum atomic E-state index is 14.3. The number of alkyl halides is 5. The van der Waals surface area contributed by atoms with Crippen LogP contribution in [0.25, 0.3) is 5.69 Å². The number of rotatable bonds is 8. The molecule has 2 aromatic carbocycles. The first-order valence-corrected chi connectivity index (χ1v) is 13.5. The van der Waals surface area contributed by atoms with Crippen molar-refractivity contribution in [2.45, 2.75) is 58.2 Å². The molecule has 0 saturated carbocycles. The SMILES string of the molecule is CCCC(Oc1cc(C)c(-n2cc(C(F)(F)F)cn2)c(C)c1)c1ccc(C(=O)N2CC(C(=O)OC)CC(F)(F)C2)cc1. The third kappa shape index (κ3) is 6.91. The Labute approximate surface area is 240 Å². The number of halogens is 5. The van der Waals surface area contributed by atoms with Crippen molar-refractivity contribution in [2.24, 2.45) is 5.92 Å². The second kappa shape index (κ2) is 12.1. The molecular formula is C30H32F5N3O4. The smallest absolute Gasteiger partial charge is 0.419 e. The number of piperidine rings is 1. The molecule has 2 unspecified atom stereocenters. The molecule has 2 heterocycles. The Balaban J connectivity index is 1.52. The monoisotopic (exact) mass is 593 g/mol. The van der Waals surface area contributed by atoms with E-state index in [1.54, 1.807) is 50.2 Å². The van der Waals surface area contributed by atoms with Crippen molar-refractivity contribution in [1.82, 2.24) is 14.7 Å². The summed E-state index contributed by atoms with van der Waals surface area (Å²) in [5.74, 6) is -5.20. The molecule has 0 spiro atoms. The molecule has 1 amide bonds. The molecule has 1 aliphatic rings. The molecule has 1 aromatic heterocycles. The molecule has 2 atom stereocenters. The Morgan fingerprint density at radius 1 is 1.12 bits per heavy atom. The molecule has 1 saturated heterocycles. The standard InChI is InChI=1S/C30H32F5N3O4/c1-5-6-25(42-24-11-18(2)26(19(3)12-24)38-16-23(14-36-38)30(33,34)35)20-7-9-21(10-8-20)27(39)37-15-22(28(40)41-4)13-29(31,32)17-37/h7-12,14,16,22,25H,5-6,13,15,17H2,1-4H3. The zero-order valence-corrected chi connectivity index (χ0v) is 23.7. The fourth-order valence-electron chi connectivity index (χ4n) is 5.26. The van der Waals surface area contributed by atoms with Gasteiger partial charge in [0, 0.05) is 24.7 Å². The number of carbonyl (C=O) groups excluding carboxylic acids is 2. The van der Waals surface area contributed by atoms with Crippen LogP contribution >= 0.6 is 0 Å². The van der Waals surface area contributed by atoms with Gasteiger partial charge in [-0.05, 0) is 61.2 Å². The summed E-state index contributed by atoms with van der Waals surface area (Å²) in [5.41, 5.74) is 1.97. The number of nitrogens with zero attached hydrogens (tertiary/aromatic N) is 3. The fraction of sp³-hybridized carbons (Fsp3) is 0.433. The van der Waals surface area contributed by atoms with Gasteiger partial charge in [-0.3, -0.25) is 9.59 Å². The number of benzene rings is 2. The number of hydrogen-bond acceptors (Lipinski definition) is 5. The number of aryl methyl sites for hydroxylation is 2. The topological polar surface area (TPSA) is 73.7 Å². The summed E-state index contributed by atoms with van der Waals surface area (Å²) in [7, 11) is 1.12. The van der Waals surface area contributed by atoms with E-state index in [4.69, 9.17) is 4.74 Å². The van der Waals surface area contributed by atoms with E-state index in [0.717, 1.165) is 36.4 Å². The minimum absolute atomic E-state index is 0.158. The zero-order chi connectivity index (χ0) is 30.8. The summed E-state index contributed by atoms with van der Waals surface area (Å²) in [6.07, 6.45) is -2.46. The van der Waals surface area contributed by atoms with Crippen molar-refractivity contribution in [3.05, 3.63) is 76.6 Å². The molecule has 12 heteroatoms. The largest absolute Gasteiger partial charge is 0.486 e. The van der Waals surface area contributed by atoms with Crippen molar-refractivity contribution in [3.8, 4) is 11.4 Å². The number of carbonyl (C=O) groups is 2. The molecular weight excluding hydrogens is 561 g/mol. The minimum Gasteiger partial charge on any atom is -0.486 e. The highest BCUT2D eigenvalue weighted by atomic mass is 19.4. The van der Waals surface area contributed by atoms with Gasteiger partial charge in [-0.2, -0.15) is 18.3 Å². The summed E-state index contributed by atoms with van der Waals surface area (Å²) in [4.78, 5) is 25.9. The number of methoxy groups -OCH3 is 1. The minimum atomic E-state index is -4.50. The first-order chi connectivity index (χ1) is 19.7. The number of likely N-dealkylation sites (tertiary alicyclic amines) is 1. The predicted molar refractivity (Wildman–Crippen MR) is 144 cm³/mol. The quantitative estimate of drug-likeness (QED) is 0.215. The molecule has 0 radical (unpaired) electrons. The average molecular weight is 594 g/mol. The number of esters is 1. The van der Waals surface area contributed by atoms with Crippen molar-refractivity contribution in [1.29, 1.82) is 0 Å². The fourth-order valence-corrected chi connectivity index (χ4v) is 5.26. The molecule has 42 heavy (non-hydrogen) atoms. The Morgan fingerprint density at radius 3 is 2.31 bits per heavy atom. The Hall–Kier alpha value is -3.96. The van der Waals surface area contributed by atoms with E-state index in [0.29, 0.717) is 29.0 Å². The molecule has 226 valence electrons. The molecule has 0 aliphatic carbocycles. The molecule has 0 bridgehead atoms. The lowest BCUT2D eigenvalue weighted by molar-refractivity contribution is -0.154. The number of hydrogen-bond donors (Lipinski definition) is 0. The van der Waals surface area contributed by atoms with Crippen LogP contribution in [0.2, 0.25) is 0 Å². The molecule has 1 fully saturated rings. The van der Waals surface area contributed by atoms with Gasteiger partial charge in [0.25, 0.3) is 11.8 Å². The highest BCUT2D eigenvalue weighted by Gasteiger charge is 2.45. The third-order valence-corrected chi connectivity index (χ3v) is 7.19. The van der Waals surface area contributed by atoms with E-state index in [-0.39, 0.29) is 12.1 Å². The highest BCUT2D eigenvalue weighted by Crippen LogP contribution is 2.34. The van der Waals surface area contributed by atoms with E-state index in [1.807, 2.05) is 6.92 Å². The lowest BCUT2D eigenvalue weighted by atomic mass is 9.94. The van der Waals surface area contributed by atoms with Gasteiger partial charge in [-0.1, -0.05) is 25.5 Å². The lowest BCUT2D eigenvalue weighted by Gasteiger charge is -2.36. The third-order valence-electron chi connectivity index (χ3n) is 7.19. The van der Waals surface area contributed by atoms with Gasteiger partial charge in [-0.15, -0.1) is 0 Å². The van der Waals surface area contributed by atoms with E-state index in [2.05, 4.69) is 9.84 Å². The molecule has 4 rings (SSSR count). The maximum absolute atomic E-state index is 14.3. The van der Waals surface area contributed by atoms with Crippen LogP contribution in [0, 0.1) is 19.8 Å². The van der Waals surface area contributed by atoms with E-state index < -0.39 is 54.5 Å². The van der Waals surface area contributed by atoms with Crippen LogP contribution in [-0.2, 0) is 15.7 Å². The van der Waals surface area contributed by atoms with Gasteiger partial charge in [0.15, 0.2) is 0 Å². The van der Waals surface area contributed by atoms with Gasteiger partial charge >= 0.3 is 12.1 Å². The number of amides is 1. The van der Waals surface area contributed by atoms with Crippen molar-refractivity contribution >= 4 is 11.9 Å². The van der Waals surface area contributed by atoms with Crippen LogP contribution in [0.4, 0.5) is 22.0 Å². The van der Waals surface area contributed by atoms with Crippen LogP contribution in [0.15, 0.2) is 48.8 Å². The summed E-state index contributed by atoms with van der Waals surface area (Å²) in [6.45, 7) is 4.56. The second-order valence-corrected chi connectivity index (χ2v) is 10.6. The molecule has 3 aromatic rings. The van der Waals surface area contributed by atoms with Crippen molar-refractivity contribution < 1.29 is 41.0 Å². The lowest BCUT2D eigenvalue weighted by Crippen LogP contribution is -2.51. The van der Waals surface area contributed by atoms with E-state index in [1.165, 1.54) is 4.68 Å². The molecule has 7 nitrogen and oxygen atoms in total. The Bertz CT molecular complexity index is 1410. The van der Waals surface area contributed by atoms with Crippen LogP contribution in [-0.4, -0.2) is 52.7 Å². The summed E-state index contributed by atoms with van der Waals surface area (Å²) >= 11 is 0. The first kappa shape index (κ1) is 31.0. The van der Waals surface area contributed by atoms with Gasteiger partial charge in [-0.25, -0.2) is 13.5 Å². The second-order valence-electron chi connectivity index (χ2n) is 10.6. The van der Waals surface area contributed by atoms with E-state index >= 15 is 0 Å². The molecule has 1 aliphatic heterocycles. The van der Waals surface area contributed by atoms with E-state index in [9.17, 15) is 31.5 Å². The summed E-state index contributed by atoms with van der Waals surface area (Å²) in [6, 6.07) is 9.93. The van der Waals surface area contributed by atoms with Gasteiger partial charge in [0.2, 0.25) is 0 Å². The maximum Gasteiger partial charge on any atom is 0.419 e. The van der Waals surface area contributed by atoms with Crippen LogP contribution in [0.3, 0.4) is 0 Å². The van der Waals surface area contributed by atoms with Gasteiger partial charge in [0.1, 0.15) is 11.9 Å². The van der Waals surface area contributed by atoms with Gasteiger partial charge < -0.3 is 14.4 Å².